The summed E-state index contributed by atoms with van der Waals surface area (Å²) in [5.41, 5.74) is 2.66. The van der Waals surface area contributed by atoms with E-state index in [9.17, 15) is 0 Å². The van der Waals surface area contributed by atoms with E-state index in [0.717, 1.165) is 12.0 Å². The molecule has 0 amide bonds. The number of piperidine rings is 1. The molecule has 1 saturated carbocycles. The molecule has 1 aromatic heterocycles. The summed E-state index contributed by atoms with van der Waals surface area (Å²) in [7, 11) is 0. The minimum atomic E-state index is 0.740. The minimum Gasteiger partial charge on any atom is -0.371 e. The van der Waals surface area contributed by atoms with Gasteiger partial charge in [0, 0.05) is 37.2 Å². The highest BCUT2D eigenvalue weighted by atomic mass is 15.1. The number of aromatic nitrogens is 1. The Morgan fingerprint density at radius 1 is 1.28 bits per heavy atom. The van der Waals surface area contributed by atoms with Crippen molar-refractivity contribution in [2.24, 2.45) is 5.92 Å². The van der Waals surface area contributed by atoms with Crippen LogP contribution in [-0.4, -0.2) is 30.7 Å². The predicted molar refractivity (Wildman–Crippen MR) is 74.9 cm³/mol. The lowest BCUT2D eigenvalue weighted by Crippen LogP contribution is -2.43. The Kier molecular flexibility index (Phi) is 3.50. The lowest BCUT2D eigenvalue weighted by molar-refractivity contribution is 0.408. The fraction of sp³-hybridized carbons (Fsp3) is 0.667. The second kappa shape index (κ2) is 5.27. The highest BCUT2D eigenvalue weighted by Crippen LogP contribution is 2.28. The SMILES string of the molecule is Cc1cnccc1N1CCC(NCC2CC2)CC1. The molecule has 3 nitrogen and oxygen atoms in total. The van der Waals surface area contributed by atoms with Crippen molar-refractivity contribution in [3.63, 3.8) is 0 Å². The maximum Gasteiger partial charge on any atom is 0.0426 e. The van der Waals surface area contributed by atoms with Crippen LogP contribution < -0.4 is 10.2 Å². The summed E-state index contributed by atoms with van der Waals surface area (Å²) < 4.78 is 0. The number of anilines is 1. The molecule has 2 heterocycles. The molecule has 2 aliphatic rings. The molecule has 1 aliphatic carbocycles. The van der Waals surface area contributed by atoms with E-state index in [1.807, 2.05) is 12.4 Å². The van der Waals surface area contributed by atoms with Crippen molar-refractivity contribution in [1.82, 2.24) is 10.3 Å². The molecule has 98 valence electrons. The summed E-state index contributed by atoms with van der Waals surface area (Å²) in [6.45, 7) is 5.75. The van der Waals surface area contributed by atoms with Crippen LogP contribution in [0.5, 0.6) is 0 Å². The number of hydrogen-bond acceptors (Lipinski definition) is 3. The van der Waals surface area contributed by atoms with Crippen LogP contribution >= 0.6 is 0 Å². The third-order valence-corrected chi connectivity index (χ3v) is 4.22. The predicted octanol–water partition coefficient (Wildman–Crippen LogP) is 2.36. The number of nitrogens with zero attached hydrogens (tertiary/aromatic N) is 2. The van der Waals surface area contributed by atoms with E-state index in [1.54, 1.807) is 0 Å². The molecule has 3 heteroatoms. The molecule has 2 fully saturated rings. The molecule has 0 atom stereocenters. The molecular formula is C15H23N3. The molecule has 0 unspecified atom stereocenters. The molecule has 1 aromatic rings. The molecular weight excluding hydrogens is 222 g/mol. The number of aryl methyl sites for hydroxylation is 1. The molecule has 0 bridgehead atoms. The van der Waals surface area contributed by atoms with Crippen molar-refractivity contribution in [3.8, 4) is 0 Å². The lowest BCUT2D eigenvalue weighted by atomic mass is 10.0. The third-order valence-electron chi connectivity index (χ3n) is 4.22. The highest BCUT2D eigenvalue weighted by molar-refractivity contribution is 5.51. The van der Waals surface area contributed by atoms with Gasteiger partial charge in [0.05, 0.1) is 0 Å². The molecule has 0 spiro atoms. The van der Waals surface area contributed by atoms with Crippen molar-refractivity contribution in [3.05, 3.63) is 24.0 Å². The smallest absolute Gasteiger partial charge is 0.0426 e. The maximum absolute atomic E-state index is 4.17. The monoisotopic (exact) mass is 245 g/mol. The van der Waals surface area contributed by atoms with Crippen LogP contribution in [0.2, 0.25) is 0 Å². The summed E-state index contributed by atoms with van der Waals surface area (Å²) in [5, 5.41) is 3.73. The first-order valence-electron chi connectivity index (χ1n) is 7.22. The Labute approximate surface area is 110 Å². The number of pyridine rings is 1. The normalized spacial score (nSPS) is 21.3. The van der Waals surface area contributed by atoms with Crippen LogP contribution in [0.1, 0.15) is 31.2 Å². The van der Waals surface area contributed by atoms with Gasteiger partial charge in [0.2, 0.25) is 0 Å². The standard InChI is InChI=1S/C15H23N3/c1-12-10-16-7-4-15(12)18-8-5-14(6-9-18)17-11-13-2-3-13/h4,7,10,13-14,17H,2-3,5-6,8-9,11H2,1H3. The van der Waals surface area contributed by atoms with Gasteiger partial charge in [-0.15, -0.1) is 0 Å². The van der Waals surface area contributed by atoms with E-state index in [-0.39, 0.29) is 0 Å². The van der Waals surface area contributed by atoms with Crippen LogP contribution in [0.25, 0.3) is 0 Å². The third kappa shape index (κ3) is 2.83. The number of hydrogen-bond donors (Lipinski definition) is 1. The Hall–Kier alpha value is -1.09. The second-order valence-electron chi connectivity index (χ2n) is 5.78. The van der Waals surface area contributed by atoms with Gasteiger partial charge in [-0.1, -0.05) is 0 Å². The van der Waals surface area contributed by atoms with E-state index in [1.165, 1.54) is 56.6 Å². The summed E-state index contributed by atoms with van der Waals surface area (Å²) in [4.78, 5) is 6.68. The molecule has 1 N–H and O–H groups in total. The highest BCUT2D eigenvalue weighted by Gasteiger charge is 2.24. The van der Waals surface area contributed by atoms with Crippen LogP contribution in [0.15, 0.2) is 18.5 Å². The Morgan fingerprint density at radius 3 is 2.72 bits per heavy atom. The second-order valence-corrected chi connectivity index (χ2v) is 5.78. The van der Waals surface area contributed by atoms with Gasteiger partial charge >= 0.3 is 0 Å². The van der Waals surface area contributed by atoms with Gasteiger partial charge in [0.25, 0.3) is 0 Å². The molecule has 1 aliphatic heterocycles. The fourth-order valence-electron chi connectivity index (χ4n) is 2.80. The van der Waals surface area contributed by atoms with Gasteiger partial charge in [0.1, 0.15) is 0 Å². The first kappa shape index (κ1) is 12.0. The fourth-order valence-corrected chi connectivity index (χ4v) is 2.80. The van der Waals surface area contributed by atoms with E-state index in [2.05, 4.69) is 28.2 Å². The average molecular weight is 245 g/mol. The molecule has 0 radical (unpaired) electrons. The van der Waals surface area contributed by atoms with Crippen LogP contribution in [0.3, 0.4) is 0 Å². The van der Waals surface area contributed by atoms with E-state index < -0.39 is 0 Å². The summed E-state index contributed by atoms with van der Waals surface area (Å²) >= 11 is 0. The molecule has 0 aromatic carbocycles. The molecule has 1 saturated heterocycles. The molecule has 18 heavy (non-hydrogen) atoms. The zero-order valence-electron chi connectivity index (χ0n) is 11.2. The van der Waals surface area contributed by atoms with E-state index in [0.29, 0.717) is 0 Å². The summed E-state index contributed by atoms with van der Waals surface area (Å²) in [6, 6.07) is 2.89. The van der Waals surface area contributed by atoms with Crippen molar-refractivity contribution in [1.29, 1.82) is 0 Å². The van der Waals surface area contributed by atoms with Crippen molar-refractivity contribution in [2.45, 2.75) is 38.6 Å². The van der Waals surface area contributed by atoms with Gasteiger partial charge in [0.15, 0.2) is 0 Å². The number of nitrogens with one attached hydrogen (secondary N) is 1. The summed E-state index contributed by atoms with van der Waals surface area (Å²) in [5.74, 6) is 0.991. The lowest BCUT2D eigenvalue weighted by Gasteiger charge is -2.34. The van der Waals surface area contributed by atoms with Gasteiger partial charge < -0.3 is 10.2 Å². The van der Waals surface area contributed by atoms with Crippen LogP contribution in [0.4, 0.5) is 5.69 Å². The van der Waals surface area contributed by atoms with Gasteiger partial charge in [-0.05, 0) is 56.7 Å². The quantitative estimate of drug-likeness (QED) is 0.882. The Bertz CT molecular complexity index is 392. The number of rotatable bonds is 4. The topological polar surface area (TPSA) is 28.2 Å². The molecule has 3 rings (SSSR count). The zero-order chi connectivity index (χ0) is 12.4. The Morgan fingerprint density at radius 2 is 2.06 bits per heavy atom. The maximum atomic E-state index is 4.17. The zero-order valence-corrected chi connectivity index (χ0v) is 11.2. The van der Waals surface area contributed by atoms with Gasteiger partial charge in [-0.25, -0.2) is 0 Å². The van der Waals surface area contributed by atoms with E-state index in [4.69, 9.17) is 0 Å². The van der Waals surface area contributed by atoms with Crippen molar-refractivity contribution >= 4 is 5.69 Å². The van der Waals surface area contributed by atoms with Crippen LogP contribution in [0, 0.1) is 12.8 Å². The largest absolute Gasteiger partial charge is 0.371 e. The van der Waals surface area contributed by atoms with E-state index >= 15 is 0 Å². The van der Waals surface area contributed by atoms with Gasteiger partial charge in [-0.3, -0.25) is 4.98 Å². The van der Waals surface area contributed by atoms with Crippen molar-refractivity contribution in [2.75, 3.05) is 24.5 Å². The van der Waals surface area contributed by atoms with Gasteiger partial charge in [-0.2, -0.15) is 0 Å². The van der Waals surface area contributed by atoms with Crippen molar-refractivity contribution < 1.29 is 0 Å². The minimum absolute atomic E-state index is 0.740. The van der Waals surface area contributed by atoms with Crippen LogP contribution in [-0.2, 0) is 0 Å². The first-order chi connectivity index (χ1) is 8.83. The average Bonchev–Trinajstić information content (AvgIpc) is 3.22. The Balaban J connectivity index is 1.51. The first-order valence-corrected chi connectivity index (χ1v) is 7.22. The summed E-state index contributed by atoms with van der Waals surface area (Å²) in [6.07, 6.45) is 9.31.